The Kier molecular flexibility index (Phi) is 7.28. The van der Waals surface area contributed by atoms with Gasteiger partial charge in [0.05, 0.1) is 34.7 Å². The lowest BCUT2D eigenvalue weighted by Crippen LogP contribution is -2.35. The predicted molar refractivity (Wildman–Crippen MR) is 139 cm³/mol. The molecule has 1 aliphatic rings. The number of carboxylic acid groups (broad SMARTS) is 1. The third-order valence-corrected chi connectivity index (χ3v) is 7.47. The van der Waals surface area contributed by atoms with Gasteiger partial charge in [-0.15, -0.1) is 5.10 Å². The number of nitrogens with zero attached hydrogens (tertiary/aromatic N) is 6. The van der Waals surface area contributed by atoms with Crippen LogP contribution in [0.25, 0.3) is 11.4 Å². The normalized spacial score (nSPS) is 16.0. The van der Waals surface area contributed by atoms with Crippen molar-refractivity contribution in [3.05, 3.63) is 57.8 Å². The highest BCUT2D eigenvalue weighted by atomic mass is 16.4. The molecule has 0 aliphatic carbocycles. The van der Waals surface area contributed by atoms with Crippen molar-refractivity contribution in [2.45, 2.75) is 59.9 Å². The molecule has 1 aliphatic heterocycles. The molecular formula is C27H36N6O3. The van der Waals surface area contributed by atoms with Crippen LogP contribution in [0.4, 0.5) is 5.69 Å². The van der Waals surface area contributed by atoms with Gasteiger partial charge < -0.3 is 14.6 Å². The van der Waals surface area contributed by atoms with Crippen molar-refractivity contribution in [2.75, 3.05) is 18.0 Å². The number of pyridine rings is 2. The summed E-state index contributed by atoms with van der Waals surface area (Å²) in [5, 5.41) is 18.3. The number of aliphatic carboxylic acids is 1. The number of aryl methyl sites for hydroxylation is 3. The third kappa shape index (κ3) is 4.92. The highest BCUT2D eigenvalue weighted by molar-refractivity contribution is 5.74. The molecule has 1 fully saturated rings. The monoisotopic (exact) mass is 492 g/mol. The minimum atomic E-state index is -0.768. The van der Waals surface area contributed by atoms with Crippen LogP contribution in [0, 0.1) is 11.3 Å². The van der Waals surface area contributed by atoms with Crippen LogP contribution in [0.2, 0.25) is 0 Å². The molecule has 0 spiro atoms. The molecule has 3 aromatic rings. The predicted octanol–water partition coefficient (Wildman–Crippen LogP) is 3.54. The number of carboxylic acids is 1. The number of hydrogen-bond acceptors (Lipinski definition) is 6. The minimum Gasteiger partial charge on any atom is -0.481 e. The van der Waals surface area contributed by atoms with E-state index in [9.17, 15) is 14.7 Å². The lowest BCUT2D eigenvalue weighted by molar-refractivity contribution is -0.149. The van der Waals surface area contributed by atoms with Crippen molar-refractivity contribution in [3.8, 4) is 11.4 Å². The largest absolute Gasteiger partial charge is 0.481 e. The highest BCUT2D eigenvalue weighted by Gasteiger charge is 2.41. The van der Waals surface area contributed by atoms with Crippen LogP contribution in [0.1, 0.15) is 57.5 Å². The Hall–Kier alpha value is -3.49. The van der Waals surface area contributed by atoms with E-state index < -0.39 is 11.4 Å². The van der Waals surface area contributed by atoms with Gasteiger partial charge in [-0.2, -0.15) is 0 Å². The number of rotatable bonds is 9. The Balaban J connectivity index is 1.63. The fraction of sp³-hybridized carbons (Fsp3) is 0.519. The average Bonchev–Trinajstić information content (AvgIpc) is 3.49. The van der Waals surface area contributed by atoms with E-state index >= 15 is 0 Å². The summed E-state index contributed by atoms with van der Waals surface area (Å²) in [6.45, 7) is 9.67. The summed E-state index contributed by atoms with van der Waals surface area (Å²) in [6, 6.07) is 7.52. The summed E-state index contributed by atoms with van der Waals surface area (Å²) >= 11 is 0. The second kappa shape index (κ2) is 10.2. The van der Waals surface area contributed by atoms with E-state index in [2.05, 4.69) is 35.1 Å². The molecule has 0 unspecified atom stereocenters. The first kappa shape index (κ1) is 25.6. The fourth-order valence-corrected chi connectivity index (χ4v) is 4.97. The molecule has 0 bridgehead atoms. The number of hydrogen-bond donors (Lipinski definition) is 1. The smallest absolute Gasteiger partial charge is 0.309 e. The zero-order valence-electron chi connectivity index (χ0n) is 21.9. The first-order valence-corrected chi connectivity index (χ1v) is 12.7. The lowest BCUT2D eigenvalue weighted by Gasteiger charge is -2.28. The number of anilines is 1. The zero-order chi connectivity index (χ0) is 26.0. The maximum absolute atomic E-state index is 12.5. The summed E-state index contributed by atoms with van der Waals surface area (Å²) in [6.07, 6.45) is 5.42. The van der Waals surface area contributed by atoms with Crippen molar-refractivity contribution in [1.82, 2.24) is 24.5 Å². The van der Waals surface area contributed by atoms with Gasteiger partial charge in [-0.3, -0.25) is 9.59 Å². The molecule has 0 radical (unpaired) electrons. The molecule has 9 heteroatoms. The van der Waals surface area contributed by atoms with Crippen molar-refractivity contribution in [3.63, 3.8) is 0 Å². The molecular weight excluding hydrogens is 456 g/mol. The summed E-state index contributed by atoms with van der Waals surface area (Å²) in [5.41, 5.74) is 4.48. The quantitative estimate of drug-likeness (QED) is 0.487. The first-order chi connectivity index (χ1) is 17.1. The second-order valence-electron chi connectivity index (χ2n) is 10.2. The van der Waals surface area contributed by atoms with Crippen LogP contribution in [-0.4, -0.2) is 48.7 Å². The Morgan fingerprint density at radius 1 is 1.19 bits per heavy atom. The maximum Gasteiger partial charge on any atom is 0.309 e. The van der Waals surface area contributed by atoms with Crippen LogP contribution in [0.3, 0.4) is 0 Å². The molecule has 1 N–H and O–H groups in total. The van der Waals surface area contributed by atoms with Gasteiger partial charge in [-0.1, -0.05) is 31.5 Å². The number of carbonyl (C=O) groups is 1. The van der Waals surface area contributed by atoms with Gasteiger partial charge in [0.25, 0.3) is 5.56 Å². The SMILES string of the molecule is CCCc1ccc(=O)n(Cc2c(-c3ccc(N4CC[C@H](C(C)(C)C(=O)O)C4)c(CC)n3)nnn2C)c1. The summed E-state index contributed by atoms with van der Waals surface area (Å²) < 4.78 is 3.41. The molecule has 0 amide bonds. The van der Waals surface area contributed by atoms with Gasteiger partial charge in [0.1, 0.15) is 5.69 Å². The van der Waals surface area contributed by atoms with Gasteiger partial charge in [0.2, 0.25) is 0 Å². The third-order valence-electron chi connectivity index (χ3n) is 7.47. The summed E-state index contributed by atoms with van der Waals surface area (Å²) in [4.78, 5) is 31.5. The molecule has 4 heterocycles. The molecule has 192 valence electrons. The van der Waals surface area contributed by atoms with Crippen LogP contribution in [0.15, 0.2) is 35.3 Å². The highest BCUT2D eigenvalue weighted by Crippen LogP contribution is 2.37. The first-order valence-electron chi connectivity index (χ1n) is 12.7. The standard InChI is InChI=1S/C27H36N6O3/c1-6-8-18-9-12-24(34)33(15-18)17-23-25(29-30-31(23)5)21-10-11-22(20(7-2)28-21)32-14-13-19(16-32)27(3,4)26(35)36/h9-12,15,19H,6-8,13-14,16-17H2,1-5H3,(H,35,36)/t19-/m0/s1. The maximum atomic E-state index is 12.5. The Bertz CT molecular complexity index is 1310. The van der Waals surface area contributed by atoms with Crippen molar-refractivity contribution < 1.29 is 9.90 Å². The van der Waals surface area contributed by atoms with Crippen molar-refractivity contribution in [1.29, 1.82) is 0 Å². The molecule has 4 rings (SSSR count). The molecule has 0 aromatic carbocycles. The molecule has 0 saturated carbocycles. The topological polar surface area (TPSA) is 106 Å². The van der Waals surface area contributed by atoms with E-state index in [0.29, 0.717) is 18.8 Å². The van der Waals surface area contributed by atoms with Crippen LogP contribution < -0.4 is 10.5 Å². The lowest BCUT2D eigenvalue weighted by atomic mass is 9.78. The van der Waals surface area contributed by atoms with Gasteiger partial charge >= 0.3 is 5.97 Å². The van der Waals surface area contributed by atoms with Crippen molar-refractivity contribution >= 4 is 11.7 Å². The molecule has 9 nitrogen and oxygen atoms in total. The van der Waals surface area contributed by atoms with E-state index in [1.54, 1.807) is 15.3 Å². The summed E-state index contributed by atoms with van der Waals surface area (Å²) in [5.74, 6) is -0.680. The van der Waals surface area contributed by atoms with E-state index in [0.717, 1.165) is 60.6 Å². The van der Waals surface area contributed by atoms with Gasteiger partial charge in [0, 0.05) is 32.4 Å². The van der Waals surface area contributed by atoms with Crippen LogP contribution in [0.5, 0.6) is 0 Å². The van der Waals surface area contributed by atoms with Crippen molar-refractivity contribution in [2.24, 2.45) is 18.4 Å². The van der Waals surface area contributed by atoms with Crippen LogP contribution in [-0.2, 0) is 31.2 Å². The van der Waals surface area contributed by atoms with Gasteiger partial charge in [-0.25, -0.2) is 9.67 Å². The molecule has 36 heavy (non-hydrogen) atoms. The van der Waals surface area contributed by atoms with E-state index in [-0.39, 0.29) is 11.5 Å². The van der Waals surface area contributed by atoms with Gasteiger partial charge in [-0.05, 0) is 56.7 Å². The fourth-order valence-electron chi connectivity index (χ4n) is 4.97. The van der Waals surface area contributed by atoms with Gasteiger partial charge in [0.15, 0.2) is 0 Å². The van der Waals surface area contributed by atoms with Crippen LogP contribution >= 0.6 is 0 Å². The zero-order valence-corrected chi connectivity index (χ0v) is 21.9. The number of aromatic nitrogens is 5. The molecule has 1 atom stereocenters. The Morgan fingerprint density at radius 2 is 1.97 bits per heavy atom. The average molecular weight is 493 g/mol. The Labute approximate surface area is 211 Å². The molecule has 3 aromatic heterocycles. The van der Waals surface area contributed by atoms with E-state index in [4.69, 9.17) is 4.98 Å². The van der Waals surface area contributed by atoms with E-state index in [1.807, 2.05) is 39.2 Å². The second-order valence-corrected chi connectivity index (χ2v) is 10.2. The summed E-state index contributed by atoms with van der Waals surface area (Å²) in [7, 11) is 1.83. The molecule has 1 saturated heterocycles. The Morgan fingerprint density at radius 3 is 2.67 bits per heavy atom. The minimum absolute atomic E-state index is 0.0626. The van der Waals surface area contributed by atoms with E-state index in [1.165, 1.54) is 0 Å².